The molecule has 4 rings (SSSR count). The highest BCUT2D eigenvalue weighted by Crippen LogP contribution is 2.13. The number of rotatable bonds is 8. The molecule has 4 aromatic rings. The van der Waals surface area contributed by atoms with Crippen molar-refractivity contribution in [3.05, 3.63) is 88.4 Å². The molecule has 0 atom stereocenters. The highest BCUT2D eigenvalue weighted by molar-refractivity contribution is 5.77. The first-order valence-electron chi connectivity index (χ1n) is 10.8. The van der Waals surface area contributed by atoms with Gasteiger partial charge in [0.2, 0.25) is 0 Å². The van der Waals surface area contributed by atoms with E-state index in [0.29, 0.717) is 29.1 Å². The minimum absolute atomic E-state index is 0.0529. The topological polar surface area (TPSA) is 75.9 Å². The van der Waals surface area contributed by atoms with Gasteiger partial charge in [-0.25, -0.2) is 15.0 Å². The van der Waals surface area contributed by atoms with Gasteiger partial charge in [0, 0.05) is 31.9 Å². The van der Waals surface area contributed by atoms with Gasteiger partial charge in [-0.3, -0.25) is 9.36 Å². The van der Waals surface area contributed by atoms with Gasteiger partial charge in [-0.15, -0.1) is 0 Å². The minimum Gasteiger partial charge on any atom is -0.375 e. The summed E-state index contributed by atoms with van der Waals surface area (Å²) in [6.07, 6.45) is 0.969. The molecule has 1 N–H and O–H groups in total. The number of para-hydroxylation sites is 2. The van der Waals surface area contributed by atoms with Crippen molar-refractivity contribution in [2.45, 2.75) is 26.8 Å². The smallest absolute Gasteiger partial charge is 0.261 e. The van der Waals surface area contributed by atoms with Crippen LogP contribution in [0, 0.1) is 13.8 Å². The zero-order chi connectivity index (χ0) is 22.5. The molecule has 0 unspecified atom stereocenters. The van der Waals surface area contributed by atoms with Crippen molar-refractivity contribution in [3.8, 4) is 0 Å². The van der Waals surface area contributed by atoms with Gasteiger partial charge in [-0.1, -0.05) is 30.3 Å². The lowest BCUT2D eigenvalue weighted by molar-refractivity contribution is 0.692. The van der Waals surface area contributed by atoms with Crippen LogP contribution in [0.3, 0.4) is 0 Å². The Morgan fingerprint density at radius 2 is 1.72 bits per heavy atom. The Hall–Kier alpha value is -3.74. The summed E-state index contributed by atoms with van der Waals surface area (Å²) in [5.74, 6) is 2.11. The second-order valence-corrected chi connectivity index (χ2v) is 7.90. The predicted molar refractivity (Wildman–Crippen MR) is 129 cm³/mol. The first-order valence-corrected chi connectivity index (χ1v) is 10.8. The highest BCUT2D eigenvalue weighted by Gasteiger charge is 2.10. The van der Waals surface area contributed by atoms with Gasteiger partial charge in [-0.05, 0) is 44.5 Å². The summed E-state index contributed by atoms with van der Waals surface area (Å²) < 4.78 is 1.67. The first kappa shape index (κ1) is 21.5. The van der Waals surface area contributed by atoms with Crippen molar-refractivity contribution in [2.24, 2.45) is 0 Å². The maximum absolute atomic E-state index is 13.0. The third-order valence-electron chi connectivity index (χ3n) is 5.44. The van der Waals surface area contributed by atoms with E-state index >= 15 is 0 Å². The van der Waals surface area contributed by atoms with Crippen molar-refractivity contribution < 1.29 is 0 Å². The van der Waals surface area contributed by atoms with E-state index in [0.717, 1.165) is 31.0 Å². The van der Waals surface area contributed by atoms with E-state index in [1.165, 1.54) is 5.69 Å². The first-order chi connectivity index (χ1) is 15.5. The molecule has 7 nitrogen and oxygen atoms in total. The SMILES string of the molecule is Cc1nc(Cn2c(C)nc3ccccc3c2=O)cc(NCCCN(C)c2ccccc2)n1. The number of nitrogens with zero attached hydrogens (tertiary/aromatic N) is 5. The third kappa shape index (κ3) is 4.94. The lowest BCUT2D eigenvalue weighted by atomic mass is 10.2. The van der Waals surface area contributed by atoms with Crippen LogP contribution in [0.2, 0.25) is 0 Å². The van der Waals surface area contributed by atoms with E-state index < -0.39 is 0 Å². The maximum Gasteiger partial charge on any atom is 0.261 e. The summed E-state index contributed by atoms with van der Waals surface area (Å²) in [5.41, 5.74) is 2.65. The molecule has 0 amide bonds. The van der Waals surface area contributed by atoms with Crippen molar-refractivity contribution in [3.63, 3.8) is 0 Å². The fraction of sp³-hybridized carbons (Fsp3) is 0.280. The molecule has 2 aromatic heterocycles. The molecule has 0 saturated heterocycles. The number of hydrogen-bond acceptors (Lipinski definition) is 6. The number of hydrogen-bond donors (Lipinski definition) is 1. The Kier molecular flexibility index (Phi) is 6.44. The van der Waals surface area contributed by atoms with Crippen LogP contribution in [-0.2, 0) is 6.54 Å². The second kappa shape index (κ2) is 9.60. The molecule has 164 valence electrons. The summed E-state index contributed by atoms with van der Waals surface area (Å²) in [7, 11) is 2.10. The van der Waals surface area contributed by atoms with Crippen LogP contribution in [0.1, 0.15) is 23.8 Å². The lowest BCUT2D eigenvalue weighted by Crippen LogP contribution is -2.25. The Morgan fingerprint density at radius 1 is 0.969 bits per heavy atom. The zero-order valence-electron chi connectivity index (χ0n) is 18.7. The molecule has 2 aromatic carbocycles. The van der Waals surface area contributed by atoms with Gasteiger partial charge in [-0.2, -0.15) is 0 Å². The Bertz CT molecular complexity index is 1270. The van der Waals surface area contributed by atoms with Crippen LogP contribution in [0.5, 0.6) is 0 Å². The third-order valence-corrected chi connectivity index (χ3v) is 5.44. The van der Waals surface area contributed by atoms with Gasteiger partial charge < -0.3 is 10.2 Å². The minimum atomic E-state index is -0.0529. The van der Waals surface area contributed by atoms with E-state index in [-0.39, 0.29) is 5.56 Å². The zero-order valence-corrected chi connectivity index (χ0v) is 18.7. The number of benzene rings is 2. The summed E-state index contributed by atoms with van der Waals surface area (Å²) in [5, 5.41) is 4.01. The molecule has 2 heterocycles. The number of nitrogens with one attached hydrogen (secondary N) is 1. The van der Waals surface area contributed by atoms with Crippen LogP contribution < -0.4 is 15.8 Å². The molecule has 0 bridgehead atoms. The number of anilines is 2. The van der Waals surface area contributed by atoms with Crippen LogP contribution >= 0.6 is 0 Å². The quantitative estimate of drug-likeness (QED) is 0.430. The van der Waals surface area contributed by atoms with Crippen molar-refractivity contribution >= 4 is 22.4 Å². The Labute approximate surface area is 187 Å². The van der Waals surface area contributed by atoms with Gasteiger partial charge in [0.05, 0.1) is 23.1 Å². The standard InChI is InChI=1S/C25H28N6O/c1-18-27-20(17-31-19(2)29-23-13-8-7-12-22(23)25(31)32)16-24(28-18)26-14-9-15-30(3)21-10-5-4-6-11-21/h4-8,10-13,16H,9,14-15,17H2,1-3H3,(H,26,27,28). The monoisotopic (exact) mass is 428 g/mol. The Morgan fingerprint density at radius 3 is 2.53 bits per heavy atom. The van der Waals surface area contributed by atoms with Crippen LogP contribution in [0.4, 0.5) is 11.5 Å². The molecular weight excluding hydrogens is 400 g/mol. The van der Waals surface area contributed by atoms with E-state index in [4.69, 9.17) is 0 Å². The fourth-order valence-corrected chi connectivity index (χ4v) is 3.77. The number of aryl methyl sites for hydroxylation is 2. The number of aromatic nitrogens is 4. The summed E-state index contributed by atoms with van der Waals surface area (Å²) in [4.78, 5) is 28.8. The molecule has 32 heavy (non-hydrogen) atoms. The molecule has 0 aliphatic heterocycles. The van der Waals surface area contributed by atoms with E-state index in [1.807, 2.05) is 62.4 Å². The molecule has 7 heteroatoms. The molecule has 0 aliphatic rings. The normalized spacial score (nSPS) is 11.0. The molecular formula is C25H28N6O. The molecule has 0 spiro atoms. The lowest BCUT2D eigenvalue weighted by Gasteiger charge is -2.19. The van der Waals surface area contributed by atoms with Crippen LogP contribution in [0.25, 0.3) is 10.9 Å². The average Bonchev–Trinajstić information content (AvgIpc) is 2.79. The van der Waals surface area contributed by atoms with Crippen molar-refractivity contribution in [1.29, 1.82) is 0 Å². The summed E-state index contributed by atoms with van der Waals surface area (Å²) in [6, 6.07) is 19.7. The molecule has 0 saturated carbocycles. The van der Waals surface area contributed by atoms with E-state index in [9.17, 15) is 4.79 Å². The molecule has 0 fully saturated rings. The highest BCUT2D eigenvalue weighted by atomic mass is 16.1. The van der Waals surface area contributed by atoms with Gasteiger partial charge in [0.15, 0.2) is 0 Å². The van der Waals surface area contributed by atoms with Crippen molar-refractivity contribution in [2.75, 3.05) is 30.4 Å². The van der Waals surface area contributed by atoms with E-state index in [2.05, 4.69) is 44.3 Å². The Balaban J connectivity index is 1.43. The maximum atomic E-state index is 13.0. The van der Waals surface area contributed by atoms with Gasteiger partial charge in [0.1, 0.15) is 17.5 Å². The van der Waals surface area contributed by atoms with Crippen LogP contribution in [-0.4, -0.2) is 39.7 Å². The average molecular weight is 429 g/mol. The largest absolute Gasteiger partial charge is 0.375 e. The van der Waals surface area contributed by atoms with Crippen LogP contribution in [0.15, 0.2) is 65.5 Å². The predicted octanol–water partition coefficient (Wildman–Crippen LogP) is 3.79. The fourth-order valence-electron chi connectivity index (χ4n) is 3.77. The second-order valence-electron chi connectivity index (χ2n) is 7.90. The summed E-state index contributed by atoms with van der Waals surface area (Å²) >= 11 is 0. The van der Waals surface area contributed by atoms with Crippen molar-refractivity contribution in [1.82, 2.24) is 19.5 Å². The number of fused-ring (bicyclic) bond motifs is 1. The van der Waals surface area contributed by atoms with Gasteiger partial charge in [0.25, 0.3) is 5.56 Å². The summed E-state index contributed by atoms with van der Waals surface area (Å²) in [6.45, 7) is 5.81. The van der Waals surface area contributed by atoms with E-state index in [1.54, 1.807) is 4.57 Å². The van der Waals surface area contributed by atoms with Gasteiger partial charge >= 0.3 is 0 Å². The molecule has 0 radical (unpaired) electrons. The molecule has 0 aliphatic carbocycles.